The minimum atomic E-state index is -0.134. The summed E-state index contributed by atoms with van der Waals surface area (Å²) < 4.78 is 0. The van der Waals surface area contributed by atoms with Crippen LogP contribution >= 0.6 is 47.0 Å². The van der Waals surface area contributed by atoms with Gasteiger partial charge in [0.05, 0.1) is 21.8 Å². The zero-order chi connectivity index (χ0) is 16.6. The van der Waals surface area contributed by atoms with E-state index in [1.54, 1.807) is 17.1 Å². The summed E-state index contributed by atoms with van der Waals surface area (Å²) in [6.45, 7) is 0. The van der Waals surface area contributed by atoms with Crippen molar-refractivity contribution in [2.45, 2.75) is 12.5 Å². The van der Waals surface area contributed by atoms with Gasteiger partial charge >= 0.3 is 0 Å². The molecule has 0 spiro atoms. The van der Waals surface area contributed by atoms with Gasteiger partial charge in [-0.05, 0) is 41.5 Å². The molecule has 3 rings (SSSR count). The zero-order valence-electron chi connectivity index (χ0n) is 11.8. The molecule has 0 fully saturated rings. The van der Waals surface area contributed by atoms with Crippen molar-refractivity contribution in [2.75, 3.05) is 0 Å². The van der Waals surface area contributed by atoms with Crippen LogP contribution in [0.3, 0.4) is 0 Å². The third-order valence-corrected chi connectivity index (χ3v) is 4.92. The van der Waals surface area contributed by atoms with Gasteiger partial charge < -0.3 is 5.73 Å². The summed E-state index contributed by atoms with van der Waals surface area (Å²) in [5.41, 5.74) is 8.48. The van der Waals surface area contributed by atoms with Gasteiger partial charge in [-0.25, -0.2) is 5.01 Å². The second-order valence-electron chi connectivity index (χ2n) is 5.10. The molecule has 23 heavy (non-hydrogen) atoms. The quantitative estimate of drug-likeness (QED) is 0.737. The molecule has 0 bridgehead atoms. The van der Waals surface area contributed by atoms with E-state index in [0.29, 0.717) is 21.5 Å². The minimum absolute atomic E-state index is 0.134. The van der Waals surface area contributed by atoms with Gasteiger partial charge in [-0.3, -0.25) is 0 Å². The average molecular weight is 385 g/mol. The Labute approximate surface area is 154 Å². The van der Waals surface area contributed by atoms with E-state index in [4.69, 9.17) is 52.8 Å². The molecule has 118 valence electrons. The maximum Gasteiger partial charge on any atom is 0.187 e. The fraction of sp³-hybridized carbons (Fsp3) is 0.125. The highest BCUT2D eigenvalue weighted by Crippen LogP contribution is 2.36. The smallest absolute Gasteiger partial charge is 0.187 e. The molecule has 2 aromatic carbocycles. The van der Waals surface area contributed by atoms with E-state index < -0.39 is 0 Å². The van der Waals surface area contributed by atoms with E-state index in [-0.39, 0.29) is 11.2 Å². The third kappa shape index (κ3) is 3.31. The Balaban J connectivity index is 1.99. The number of thiocarbonyl (C=S) groups is 1. The SMILES string of the molecule is NC(=S)N1N=C(c2ccc(Cl)c(Cl)c2)CC1c1ccccc1Cl. The van der Waals surface area contributed by atoms with Gasteiger partial charge in [0.25, 0.3) is 0 Å². The van der Waals surface area contributed by atoms with Crippen molar-refractivity contribution < 1.29 is 0 Å². The van der Waals surface area contributed by atoms with Gasteiger partial charge in [-0.1, -0.05) is 59.1 Å². The van der Waals surface area contributed by atoms with E-state index in [0.717, 1.165) is 16.8 Å². The topological polar surface area (TPSA) is 41.6 Å². The molecule has 0 saturated carbocycles. The number of nitrogens with two attached hydrogens (primary N) is 1. The Morgan fingerprint density at radius 3 is 2.48 bits per heavy atom. The molecule has 1 heterocycles. The number of rotatable bonds is 2. The van der Waals surface area contributed by atoms with Crippen LogP contribution in [0.25, 0.3) is 0 Å². The molecular formula is C16H12Cl3N3S. The van der Waals surface area contributed by atoms with Gasteiger partial charge in [0.1, 0.15) is 0 Å². The fourth-order valence-corrected chi connectivity index (χ4v) is 3.28. The van der Waals surface area contributed by atoms with Gasteiger partial charge in [-0.2, -0.15) is 5.10 Å². The summed E-state index contributed by atoms with van der Waals surface area (Å²) in [6.07, 6.45) is 0.624. The molecule has 0 aliphatic carbocycles. The van der Waals surface area contributed by atoms with Crippen LogP contribution < -0.4 is 5.73 Å². The average Bonchev–Trinajstić information content (AvgIpc) is 2.96. The lowest BCUT2D eigenvalue weighted by atomic mass is 9.98. The number of nitrogens with zero attached hydrogens (tertiary/aromatic N) is 2. The monoisotopic (exact) mass is 383 g/mol. The summed E-state index contributed by atoms with van der Waals surface area (Å²) in [7, 11) is 0. The first-order valence-electron chi connectivity index (χ1n) is 6.83. The van der Waals surface area contributed by atoms with Crippen LogP contribution in [0.2, 0.25) is 15.1 Å². The van der Waals surface area contributed by atoms with Gasteiger partial charge in [0.15, 0.2) is 5.11 Å². The highest BCUT2D eigenvalue weighted by atomic mass is 35.5. The molecule has 1 atom stereocenters. The lowest BCUT2D eigenvalue weighted by molar-refractivity contribution is 0.373. The van der Waals surface area contributed by atoms with Crippen LogP contribution in [0, 0.1) is 0 Å². The van der Waals surface area contributed by atoms with Crippen LogP contribution in [-0.2, 0) is 0 Å². The predicted molar refractivity (Wildman–Crippen MR) is 100 cm³/mol. The molecule has 0 radical (unpaired) electrons. The lowest BCUT2D eigenvalue weighted by Crippen LogP contribution is -2.31. The number of halogens is 3. The van der Waals surface area contributed by atoms with Gasteiger partial charge in [0.2, 0.25) is 0 Å². The van der Waals surface area contributed by atoms with E-state index in [2.05, 4.69) is 5.10 Å². The molecule has 2 N–H and O–H groups in total. The molecule has 0 amide bonds. The molecule has 1 aliphatic rings. The fourth-order valence-electron chi connectivity index (χ4n) is 2.55. The van der Waals surface area contributed by atoms with E-state index in [9.17, 15) is 0 Å². The Morgan fingerprint density at radius 1 is 1.09 bits per heavy atom. The van der Waals surface area contributed by atoms with Crippen LogP contribution in [0.15, 0.2) is 47.6 Å². The molecule has 2 aromatic rings. The van der Waals surface area contributed by atoms with Crippen molar-refractivity contribution in [2.24, 2.45) is 10.8 Å². The second-order valence-corrected chi connectivity index (χ2v) is 6.74. The molecular weight excluding hydrogens is 373 g/mol. The first-order valence-corrected chi connectivity index (χ1v) is 8.37. The van der Waals surface area contributed by atoms with Crippen molar-refractivity contribution >= 4 is 57.8 Å². The number of hydrogen-bond donors (Lipinski definition) is 1. The summed E-state index contributed by atoms with van der Waals surface area (Å²) in [6, 6.07) is 12.9. The van der Waals surface area contributed by atoms with E-state index >= 15 is 0 Å². The highest BCUT2D eigenvalue weighted by Gasteiger charge is 2.31. The van der Waals surface area contributed by atoms with E-state index in [1.165, 1.54) is 0 Å². The molecule has 0 aromatic heterocycles. The highest BCUT2D eigenvalue weighted by molar-refractivity contribution is 7.80. The maximum atomic E-state index is 6.31. The minimum Gasteiger partial charge on any atom is -0.375 e. The Morgan fingerprint density at radius 2 is 1.83 bits per heavy atom. The summed E-state index contributed by atoms with van der Waals surface area (Å²) in [4.78, 5) is 0. The second kappa shape index (κ2) is 6.65. The number of benzene rings is 2. The summed E-state index contributed by atoms with van der Waals surface area (Å²) in [5, 5.41) is 8.01. The van der Waals surface area contributed by atoms with Crippen molar-refractivity contribution in [3.05, 3.63) is 68.7 Å². The van der Waals surface area contributed by atoms with Crippen LogP contribution in [0.1, 0.15) is 23.6 Å². The van der Waals surface area contributed by atoms with E-state index in [1.807, 2.05) is 30.3 Å². The standard InChI is InChI=1S/C16H12Cl3N3S/c17-11-4-2-1-3-10(11)15-8-14(21-22(15)16(20)23)9-5-6-12(18)13(19)7-9/h1-7,15H,8H2,(H2,20,23). The van der Waals surface area contributed by atoms with Crippen molar-refractivity contribution in [3.8, 4) is 0 Å². The van der Waals surface area contributed by atoms with Crippen molar-refractivity contribution in [3.63, 3.8) is 0 Å². The first-order chi connectivity index (χ1) is 11.0. The summed E-state index contributed by atoms with van der Waals surface area (Å²) in [5.74, 6) is 0. The largest absolute Gasteiger partial charge is 0.375 e. The Kier molecular flexibility index (Phi) is 4.78. The lowest BCUT2D eigenvalue weighted by Gasteiger charge is -2.22. The molecule has 1 aliphatic heterocycles. The summed E-state index contributed by atoms with van der Waals surface area (Å²) >= 11 is 23.5. The van der Waals surface area contributed by atoms with Crippen LogP contribution in [0.4, 0.5) is 0 Å². The first kappa shape index (κ1) is 16.5. The van der Waals surface area contributed by atoms with Gasteiger partial charge in [-0.15, -0.1) is 0 Å². The molecule has 0 saturated heterocycles. The van der Waals surface area contributed by atoms with Crippen LogP contribution in [0.5, 0.6) is 0 Å². The number of hydrogen-bond acceptors (Lipinski definition) is 2. The van der Waals surface area contributed by atoms with Gasteiger partial charge in [0, 0.05) is 11.4 Å². The predicted octanol–water partition coefficient (Wildman–Crippen LogP) is 5.04. The molecule has 1 unspecified atom stereocenters. The Hall–Kier alpha value is -1.33. The Bertz CT molecular complexity index is 807. The molecule has 3 nitrogen and oxygen atoms in total. The van der Waals surface area contributed by atoms with Crippen LogP contribution in [-0.4, -0.2) is 15.8 Å². The van der Waals surface area contributed by atoms with Crippen molar-refractivity contribution in [1.82, 2.24) is 5.01 Å². The number of hydrazone groups is 1. The third-order valence-electron chi connectivity index (χ3n) is 3.65. The molecule has 7 heteroatoms. The normalized spacial score (nSPS) is 17.3. The maximum absolute atomic E-state index is 6.31. The van der Waals surface area contributed by atoms with Crippen molar-refractivity contribution in [1.29, 1.82) is 0 Å². The zero-order valence-corrected chi connectivity index (χ0v) is 14.9.